The molecule has 0 heterocycles. The molecule has 0 aromatic rings. The van der Waals surface area contributed by atoms with E-state index in [4.69, 9.17) is 0 Å². The van der Waals surface area contributed by atoms with Crippen LogP contribution in [0.1, 0.15) is 84.5 Å². The molecule has 2 amide bonds. The zero-order chi connectivity index (χ0) is 15.8. The lowest BCUT2D eigenvalue weighted by Gasteiger charge is -2.06. The molecule has 0 aromatic carbocycles. The van der Waals surface area contributed by atoms with Crippen LogP contribution in [-0.4, -0.2) is 24.9 Å². The Kier molecular flexibility index (Phi) is 14.6. The van der Waals surface area contributed by atoms with Crippen LogP contribution in [0.5, 0.6) is 0 Å². The number of nitrogens with one attached hydrogen (secondary N) is 2. The van der Waals surface area contributed by atoms with E-state index < -0.39 is 0 Å². The first-order valence-electron chi connectivity index (χ1n) is 8.74. The van der Waals surface area contributed by atoms with E-state index in [9.17, 15) is 9.59 Å². The van der Waals surface area contributed by atoms with Crippen LogP contribution in [-0.2, 0) is 9.59 Å². The van der Waals surface area contributed by atoms with Crippen LogP contribution in [0.25, 0.3) is 0 Å². The van der Waals surface area contributed by atoms with Crippen molar-refractivity contribution >= 4 is 11.8 Å². The van der Waals surface area contributed by atoms with Crippen molar-refractivity contribution in [2.75, 3.05) is 13.1 Å². The van der Waals surface area contributed by atoms with Gasteiger partial charge < -0.3 is 10.6 Å². The predicted octanol–water partition coefficient (Wildman–Crippen LogP) is 3.55. The molecular weight excluding hydrogens is 264 g/mol. The number of carbonyl (C=O) groups excluding carboxylic acids is 2. The van der Waals surface area contributed by atoms with Gasteiger partial charge in [0.05, 0.1) is 0 Å². The Balaban J connectivity index is 3.26. The highest BCUT2D eigenvalue weighted by molar-refractivity contribution is 5.76. The largest absolute Gasteiger partial charge is 0.356 e. The summed E-state index contributed by atoms with van der Waals surface area (Å²) in [4.78, 5) is 22.9. The molecule has 0 aliphatic carbocycles. The SMILES string of the molecule is CCCCCCNC(=O)CCCCCNC(=O)CCCC. The molecule has 21 heavy (non-hydrogen) atoms. The molecule has 0 unspecified atom stereocenters. The summed E-state index contributed by atoms with van der Waals surface area (Å²) in [5.41, 5.74) is 0. The van der Waals surface area contributed by atoms with Gasteiger partial charge in [-0.15, -0.1) is 0 Å². The van der Waals surface area contributed by atoms with Crippen LogP contribution >= 0.6 is 0 Å². The molecule has 0 fully saturated rings. The second kappa shape index (κ2) is 15.3. The molecule has 4 nitrogen and oxygen atoms in total. The Hall–Kier alpha value is -1.06. The van der Waals surface area contributed by atoms with Crippen molar-refractivity contribution in [2.45, 2.75) is 84.5 Å². The van der Waals surface area contributed by atoms with Crippen molar-refractivity contribution < 1.29 is 9.59 Å². The van der Waals surface area contributed by atoms with Crippen molar-refractivity contribution in [3.05, 3.63) is 0 Å². The van der Waals surface area contributed by atoms with Crippen molar-refractivity contribution in [2.24, 2.45) is 0 Å². The second-order valence-electron chi connectivity index (χ2n) is 5.67. The zero-order valence-corrected chi connectivity index (χ0v) is 14.0. The highest BCUT2D eigenvalue weighted by Gasteiger charge is 2.01. The van der Waals surface area contributed by atoms with Gasteiger partial charge in [-0.05, 0) is 25.7 Å². The lowest BCUT2D eigenvalue weighted by Crippen LogP contribution is -2.25. The first-order chi connectivity index (χ1) is 10.2. The molecule has 124 valence electrons. The van der Waals surface area contributed by atoms with Crippen molar-refractivity contribution in [1.29, 1.82) is 0 Å². The van der Waals surface area contributed by atoms with Gasteiger partial charge in [0.1, 0.15) is 0 Å². The molecule has 2 N–H and O–H groups in total. The lowest BCUT2D eigenvalue weighted by molar-refractivity contribution is -0.122. The molecule has 0 aromatic heterocycles. The molecule has 0 saturated heterocycles. The fourth-order valence-electron chi connectivity index (χ4n) is 2.11. The highest BCUT2D eigenvalue weighted by atomic mass is 16.2. The van der Waals surface area contributed by atoms with Gasteiger partial charge in [0.25, 0.3) is 0 Å². The maximum absolute atomic E-state index is 11.6. The van der Waals surface area contributed by atoms with E-state index in [1.54, 1.807) is 0 Å². The van der Waals surface area contributed by atoms with Crippen LogP contribution in [0.15, 0.2) is 0 Å². The lowest BCUT2D eigenvalue weighted by atomic mass is 10.1. The fourth-order valence-corrected chi connectivity index (χ4v) is 2.11. The van der Waals surface area contributed by atoms with Gasteiger partial charge >= 0.3 is 0 Å². The van der Waals surface area contributed by atoms with Crippen molar-refractivity contribution in [1.82, 2.24) is 10.6 Å². The summed E-state index contributed by atoms with van der Waals surface area (Å²) >= 11 is 0. The molecular formula is C17H34N2O2. The molecule has 0 radical (unpaired) electrons. The molecule has 0 aliphatic heterocycles. The average Bonchev–Trinajstić information content (AvgIpc) is 2.48. The third-order valence-electron chi connectivity index (χ3n) is 3.51. The van der Waals surface area contributed by atoms with Gasteiger partial charge in [-0.25, -0.2) is 0 Å². The minimum Gasteiger partial charge on any atom is -0.356 e. The Morgan fingerprint density at radius 2 is 1.10 bits per heavy atom. The maximum Gasteiger partial charge on any atom is 0.219 e. The normalized spacial score (nSPS) is 10.4. The number of rotatable bonds is 14. The van der Waals surface area contributed by atoms with Gasteiger partial charge in [0.2, 0.25) is 11.8 Å². The number of hydrogen-bond donors (Lipinski definition) is 2. The minimum atomic E-state index is 0.154. The topological polar surface area (TPSA) is 58.2 Å². The summed E-state index contributed by atoms with van der Waals surface area (Å²) in [7, 11) is 0. The summed E-state index contributed by atoms with van der Waals surface area (Å²) in [6.45, 7) is 5.82. The molecule has 0 aliphatic rings. The molecule has 0 rings (SSSR count). The van der Waals surface area contributed by atoms with Gasteiger partial charge in [0.15, 0.2) is 0 Å². The molecule has 0 atom stereocenters. The number of hydrogen-bond acceptors (Lipinski definition) is 2. The van der Waals surface area contributed by atoms with E-state index in [1.165, 1.54) is 19.3 Å². The first-order valence-corrected chi connectivity index (χ1v) is 8.74. The molecule has 0 saturated carbocycles. The number of amides is 2. The molecule has 0 spiro atoms. The van der Waals surface area contributed by atoms with E-state index in [0.29, 0.717) is 12.8 Å². The Morgan fingerprint density at radius 3 is 1.62 bits per heavy atom. The van der Waals surface area contributed by atoms with Crippen molar-refractivity contribution in [3.63, 3.8) is 0 Å². The minimum absolute atomic E-state index is 0.154. The van der Waals surface area contributed by atoms with E-state index in [0.717, 1.165) is 51.6 Å². The van der Waals surface area contributed by atoms with E-state index >= 15 is 0 Å². The van der Waals surface area contributed by atoms with Gasteiger partial charge in [-0.2, -0.15) is 0 Å². The number of unbranched alkanes of at least 4 members (excludes halogenated alkanes) is 6. The first kappa shape index (κ1) is 19.9. The monoisotopic (exact) mass is 298 g/mol. The number of carbonyl (C=O) groups is 2. The van der Waals surface area contributed by atoms with E-state index in [1.807, 2.05) is 0 Å². The fraction of sp³-hybridized carbons (Fsp3) is 0.882. The Morgan fingerprint density at radius 1 is 0.619 bits per heavy atom. The van der Waals surface area contributed by atoms with E-state index in [-0.39, 0.29) is 11.8 Å². The summed E-state index contributed by atoms with van der Waals surface area (Å²) in [6.07, 6.45) is 10.9. The third-order valence-corrected chi connectivity index (χ3v) is 3.51. The average molecular weight is 298 g/mol. The summed E-state index contributed by atoms with van der Waals surface area (Å²) in [5.74, 6) is 0.320. The smallest absolute Gasteiger partial charge is 0.219 e. The quantitative estimate of drug-likeness (QED) is 0.482. The zero-order valence-electron chi connectivity index (χ0n) is 14.0. The van der Waals surface area contributed by atoms with Crippen LogP contribution in [0.3, 0.4) is 0 Å². The van der Waals surface area contributed by atoms with E-state index in [2.05, 4.69) is 24.5 Å². The summed E-state index contributed by atoms with van der Waals surface area (Å²) in [5, 5.41) is 5.89. The standard InChI is InChI=1S/C17H34N2O2/c1-3-5-7-10-14-19-17(21)13-9-8-11-15-18-16(20)12-6-4-2/h3-15H2,1-2H3,(H,18,20)(H,19,21). The van der Waals surface area contributed by atoms with Gasteiger partial charge in [-0.1, -0.05) is 46.0 Å². The van der Waals surface area contributed by atoms with Crippen LogP contribution in [0, 0.1) is 0 Å². The predicted molar refractivity (Wildman–Crippen MR) is 88.2 cm³/mol. The van der Waals surface area contributed by atoms with Crippen LogP contribution in [0.2, 0.25) is 0 Å². The van der Waals surface area contributed by atoms with Crippen LogP contribution in [0.4, 0.5) is 0 Å². The van der Waals surface area contributed by atoms with Gasteiger partial charge in [0, 0.05) is 25.9 Å². The third kappa shape index (κ3) is 15.2. The highest BCUT2D eigenvalue weighted by Crippen LogP contribution is 2.01. The molecule has 4 heteroatoms. The van der Waals surface area contributed by atoms with Crippen molar-refractivity contribution in [3.8, 4) is 0 Å². The Labute approximate surface area is 130 Å². The van der Waals surface area contributed by atoms with Gasteiger partial charge in [-0.3, -0.25) is 9.59 Å². The Bertz CT molecular complexity index is 268. The summed E-state index contributed by atoms with van der Waals surface area (Å²) in [6, 6.07) is 0. The maximum atomic E-state index is 11.6. The summed E-state index contributed by atoms with van der Waals surface area (Å²) < 4.78 is 0. The second-order valence-corrected chi connectivity index (χ2v) is 5.67. The van der Waals surface area contributed by atoms with Crippen LogP contribution < -0.4 is 10.6 Å². The molecule has 0 bridgehead atoms.